The van der Waals surface area contributed by atoms with E-state index < -0.39 is 17.7 Å². The Morgan fingerprint density at radius 1 is 0.760 bits per heavy atom. The zero-order chi connectivity index (χ0) is 17.7. The van der Waals surface area contributed by atoms with E-state index in [1.54, 1.807) is 72.8 Å². The molecular weight excluding hydrogens is 316 g/mol. The maximum atomic E-state index is 11.8. The molecule has 25 heavy (non-hydrogen) atoms. The van der Waals surface area contributed by atoms with Gasteiger partial charge in [-0.15, -0.1) is 0 Å². The number of carboxylic acids is 1. The number of carboxylic acid groups (broad SMARTS) is 1. The van der Waals surface area contributed by atoms with E-state index in [1.807, 2.05) is 18.2 Å². The molecule has 0 saturated carbocycles. The summed E-state index contributed by atoms with van der Waals surface area (Å²) in [4.78, 5) is 11.8. The number of rotatable bonds is 6. The van der Waals surface area contributed by atoms with E-state index in [0.717, 1.165) is 0 Å². The summed E-state index contributed by atoms with van der Waals surface area (Å²) < 4.78 is 6.17. The van der Waals surface area contributed by atoms with Gasteiger partial charge in [-0.25, -0.2) is 4.79 Å². The van der Waals surface area contributed by atoms with E-state index in [0.29, 0.717) is 16.9 Å². The van der Waals surface area contributed by atoms with Crippen LogP contribution in [0.25, 0.3) is 0 Å². The number of aliphatic hydroxyl groups excluding tert-OH is 1. The summed E-state index contributed by atoms with van der Waals surface area (Å²) in [5.74, 6) is -0.890. The first-order chi connectivity index (χ1) is 12.1. The maximum absolute atomic E-state index is 11.8. The number of hydrogen-bond acceptors (Lipinski definition) is 3. The maximum Gasteiger partial charge on any atom is 0.337 e. The fourth-order valence-electron chi connectivity index (χ4n) is 2.88. The standard InChI is InChI=1S/C21H18O4/c22-19(20(23)24)21(16-10-4-1-5-11-16,17-12-6-2-7-13-17)25-18-14-8-3-9-15-18/h1-15,19,22H,(H,23,24). The average molecular weight is 334 g/mol. The minimum Gasteiger partial charge on any atom is -0.479 e. The molecule has 0 fully saturated rings. The second-order valence-electron chi connectivity index (χ2n) is 5.62. The molecule has 0 spiro atoms. The van der Waals surface area contributed by atoms with Crippen LogP contribution in [0.3, 0.4) is 0 Å². The third kappa shape index (κ3) is 3.25. The van der Waals surface area contributed by atoms with Gasteiger partial charge in [-0.05, 0) is 12.1 Å². The Labute approximate surface area is 146 Å². The summed E-state index contributed by atoms with van der Waals surface area (Å²) in [6, 6.07) is 26.7. The van der Waals surface area contributed by atoms with Gasteiger partial charge in [0.1, 0.15) is 5.75 Å². The molecule has 1 atom stereocenters. The molecule has 0 heterocycles. The molecule has 4 heteroatoms. The molecule has 0 radical (unpaired) electrons. The van der Waals surface area contributed by atoms with Gasteiger partial charge in [-0.1, -0.05) is 78.9 Å². The van der Waals surface area contributed by atoms with Crippen molar-refractivity contribution in [3.63, 3.8) is 0 Å². The zero-order valence-electron chi connectivity index (χ0n) is 13.4. The van der Waals surface area contributed by atoms with E-state index in [1.165, 1.54) is 0 Å². The minimum absolute atomic E-state index is 0.468. The second-order valence-corrected chi connectivity index (χ2v) is 5.62. The molecule has 0 saturated heterocycles. The lowest BCUT2D eigenvalue weighted by Gasteiger charge is -2.37. The number of aliphatic carboxylic acids is 1. The van der Waals surface area contributed by atoms with Gasteiger partial charge in [0.15, 0.2) is 11.7 Å². The highest BCUT2D eigenvalue weighted by Gasteiger charge is 2.48. The molecule has 0 aliphatic carbocycles. The van der Waals surface area contributed by atoms with Crippen molar-refractivity contribution in [3.8, 4) is 5.75 Å². The Morgan fingerprint density at radius 2 is 1.16 bits per heavy atom. The third-order valence-electron chi connectivity index (χ3n) is 4.05. The Hall–Kier alpha value is -3.11. The van der Waals surface area contributed by atoms with Crippen LogP contribution in [0.1, 0.15) is 11.1 Å². The number of aliphatic hydroxyl groups is 1. The highest BCUT2D eigenvalue weighted by molar-refractivity contribution is 5.75. The van der Waals surface area contributed by atoms with E-state index in [9.17, 15) is 15.0 Å². The fraction of sp³-hybridized carbons (Fsp3) is 0.0952. The Morgan fingerprint density at radius 3 is 1.56 bits per heavy atom. The second kappa shape index (κ2) is 7.20. The Bertz CT molecular complexity index is 777. The minimum atomic E-state index is -1.79. The first-order valence-corrected chi connectivity index (χ1v) is 7.90. The van der Waals surface area contributed by atoms with Crippen LogP contribution in [0.15, 0.2) is 91.0 Å². The number of benzene rings is 3. The van der Waals surface area contributed by atoms with Crippen LogP contribution in [-0.2, 0) is 10.4 Å². The first-order valence-electron chi connectivity index (χ1n) is 7.90. The van der Waals surface area contributed by atoms with Crippen LogP contribution in [0.2, 0.25) is 0 Å². The predicted molar refractivity (Wildman–Crippen MR) is 94.4 cm³/mol. The lowest BCUT2D eigenvalue weighted by Crippen LogP contribution is -2.50. The molecule has 3 aromatic rings. The molecule has 0 aromatic heterocycles. The van der Waals surface area contributed by atoms with Crippen molar-refractivity contribution in [1.29, 1.82) is 0 Å². The van der Waals surface area contributed by atoms with Crippen molar-refractivity contribution in [3.05, 3.63) is 102 Å². The predicted octanol–water partition coefficient (Wildman–Crippen LogP) is 3.45. The third-order valence-corrected chi connectivity index (χ3v) is 4.05. The van der Waals surface area contributed by atoms with Crippen LogP contribution in [0.5, 0.6) is 5.75 Å². The largest absolute Gasteiger partial charge is 0.479 e. The molecule has 126 valence electrons. The fourth-order valence-corrected chi connectivity index (χ4v) is 2.88. The van der Waals surface area contributed by atoms with E-state index >= 15 is 0 Å². The lowest BCUT2D eigenvalue weighted by molar-refractivity contribution is -0.157. The van der Waals surface area contributed by atoms with Gasteiger partial charge < -0.3 is 14.9 Å². The van der Waals surface area contributed by atoms with E-state index in [2.05, 4.69) is 0 Å². The molecule has 2 N–H and O–H groups in total. The highest BCUT2D eigenvalue weighted by atomic mass is 16.5. The van der Waals surface area contributed by atoms with Gasteiger partial charge in [0, 0.05) is 11.1 Å². The Balaban J connectivity index is 2.25. The molecule has 0 aliphatic heterocycles. The van der Waals surface area contributed by atoms with E-state index in [4.69, 9.17) is 4.74 Å². The number of carbonyl (C=O) groups is 1. The van der Waals surface area contributed by atoms with Gasteiger partial charge in [0.05, 0.1) is 0 Å². The van der Waals surface area contributed by atoms with Crippen molar-refractivity contribution < 1.29 is 19.7 Å². The number of ether oxygens (including phenoxy) is 1. The summed E-state index contributed by atoms with van der Waals surface area (Å²) in [5.41, 5.74) is -0.463. The topological polar surface area (TPSA) is 66.8 Å². The quantitative estimate of drug-likeness (QED) is 0.724. The van der Waals surface area contributed by atoms with Crippen LogP contribution < -0.4 is 4.74 Å². The molecule has 4 nitrogen and oxygen atoms in total. The van der Waals surface area contributed by atoms with Gasteiger partial charge in [0.25, 0.3) is 0 Å². The van der Waals surface area contributed by atoms with Crippen LogP contribution in [-0.4, -0.2) is 22.3 Å². The van der Waals surface area contributed by atoms with E-state index in [-0.39, 0.29) is 0 Å². The van der Waals surface area contributed by atoms with Crippen molar-refractivity contribution >= 4 is 5.97 Å². The van der Waals surface area contributed by atoms with Gasteiger partial charge in [0.2, 0.25) is 0 Å². The molecule has 0 bridgehead atoms. The highest BCUT2D eigenvalue weighted by Crippen LogP contribution is 2.38. The molecule has 3 rings (SSSR count). The SMILES string of the molecule is O=C(O)C(O)C(Oc1ccccc1)(c1ccccc1)c1ccccc1. The lowest BCUT2D eigenvalue weighted by atomic mass is 9.81. The van der Waals surface area contributed by atoms with Crippen molar-refractivity contribution in [2.45, 2.75) is 11.7 Å². The molecular formula is C21H18O4. The molecule has 0 amide bonds. The summed E-state index contributed by atoms with van der Waals surface area (Å²) in [5, 5.41) is 20.3. The number of hydrogen-bond donors (Lipinski definition) is 2. The Kier molecular flexibility index (Phi) is 4.82. The summed E-state index contributed by atoms with van der Waals surface area (Å²) >= 11 is 0. The number of para-hydroxylation sites is 1. The monoisotopic (exact) mass is 334 g/mol. The zero-order valence-corrected chi connectivity index (χ0v) is 13.4. The van der Waals surface area contributed by atoms with Gasteiger partial charge in [-0.2, -0.15) is 0 Å². The first kappa shape index (κ1) is 16.7. The van der Waals surface area contributed by atoms with Gasteiger partial charge >= 0.3 is 5.97 Å². The van der Waals surface area contributed by atoms with Crippen LogP contribution >= 0.6 is 0 Å². The normalized spacial score (nSPS) is 12.4. The molecule has 1 unspecified atom stereocenters. The average Bonchev–Trinajstić information content (AvgIpc) is 2.68. The molecule has 3 aromatic carbocycles. The van der Waals surface area contributed by atoms with Crippen LogP contribution in [0.4, 0.5) is 0 Å². The van der Waals surface area contributed by atoms with Crippen molar-refractivity contribution in [2.75, 3.05) is 0 Å². The summed E-state index contributed by atoms with van der Waals surface area (Å²) in [6.45, 7) is 0. The summed E-state index contributed by atoms with van der Waals surface area (Å²) in [6.07, 6.45) is -1.79. The summed E-state index contributed by atoms with van der Waals surface area (Å²) in [7, 11) is 0. The van der Waals surface area contributed by atoms with Crippen molar-refractivity contribution in [1.82, 2.24) is 0 Å². The van der Waals surface area contributed by atoms with Crippen LogP contribution in [0, 0.1) is 0 Å². The smallest absolute Gasteiger partial charge is 0.337 e. The van der Waals surface area contributed by atoms with Crippen molar-refractivity contribution in [2.24, 2.45) is 0 Å². The molecule has 0 aliphatic rings. The van der Waals surface area contributed by atoms with Gasteiger partial charge in [-0.3, -0.25) is 0 Å².